The lowest BCUT2D eigenvalue weighted by Crippen LogP contribution is -2.14. The number of anilines is 3. The van der Waals surface area contributed by atoms with Gasteiger partial charge >= 0.3 is 0 Å². The summed E-state index contributed by atoms with van der Waals surface area (Å²) in [5.41, 5.74) is 1.18. The Morgan fingerprint density at radius 2 is 1.96 bits per heavy atom. The molecule has 3 rings (SSSR count). The van der Waals surface area contributed by atoms with Gasteiger partial charge in [0.05, 0.1) is 11.9 Å². The van der Waals surface area contributed by atoms with Crippen LogP contribution in [0.4, 0.5) is 26.4 Å². The van der Waals surface area contributed by atoms with Gasteiger partial charge in [0.2, 0.25) is 11.9 Å². The van der Waals surface area contributed by atoms with E-state index in [1.165, 1.54) is 12.1 Å². The van der Waals surface area contributed by atoms with E-state index in [9.17, 15) is 13.9 Å². The molecule has 0 aliphatic rings. The lowest BCUT2D eigenvalue weighted by molar-refractivity contribution is 0.264. The SMILES string of the molecule is CC(C)Nc1ncc2nc(Nc3ccc(F)cc3F)n(C(C)CCO)c2n1. The highest BCUT2D eigenvalue weighted by Crippen LogP contribution is 2.28. The minimum atomic E-state index is -0.725. The molecule has 0 spiro atoms. The number of rotatable bonds is 7. The molecular weight excluding hydrogens is 354 g/mol. The zero-order valence-electron chi connectivity index (χ0n) is 15.4. The Balaban J connectivity index is 2.08. The van der Waals surface area contributed by atoms with Crippen LogP contribution < -0.4 is 10.6 Å². The fraction of sp³-hybridized carbons (Fsp3) is 0.389. The molecular formula is C18H22F2N6O. The van der Waals surface area contributed by atoms with E-state index >= 15 is 0 Å². The van der Waals surface area contributed by atoms with Gasteiger partial charge in [0.1, 0.15) is 17.2 Å². The van der Waals surface area contributed by atoms with Crippen molar-refractivity contribution in [1.29, 1.82) is 0 Å². The van der Waals surface area contributed by atoms with Crippen LogP contribution in [0.15, 0.2) is 24.4 Å². The third kappa shape index (κ3) is 4.13. The van der Waals surface area contributed by atoms with E-state index in [1.54, 1.807) is 10.8 Å². The van der Waals surface area contributed by atoms with Crippen molar-refractivity contribution in [2.24, 2.45) is 0 Å². The number of hydrogen-bond acceptors (Lipinski definition) is 6. The summed E-state index contributed by atoms with van der Waals surface area (Å²) in [6.45, 7) is 5.83. The van der Waals surface area contributed by atoms with Crippen molar-refractivity contribution in [3.05, 3.63) is 36.0 Å². The molecule has 2 heterocycles. The first kappa shape index (κ1) is 19.0. The molecule has 0 amide bonds. The Morgan fingerprint density at radius 1 is 1.19 bits per heavy atom. The van der Waals surface area contributed by atoms with Crippen molar-refractivity contribution < 1.29 is 13.9 Å². The average molecular weight is 376 g/mol. The predicted molar refractivity (Wildman–Crippen MR) is 100 cm³/mol. The van der Waals surface area contributed by atoms with Gasteiger partial charge in [-0.15, -0.1) is 0 Å². The number of nitrogens with zero attached hydrogens (tertiary/aromatic N) is 4. The van der Waals surface area contributed by atoms with Crippen LogP contribution in [0.25, 0.3) is 11.2 Å². The Labute approximate surface area is 155 Å². The Morgan fingerprint density at radius 3 is 2.63 bits per heavy atom. The van der Waals surface area contributed by atoms with Gasteiger partial charge in [-0.3, -0.25) is 4.57 Å². The quantitative estimate of drug-likeness (QED) is 0.584. The van der Waals surface area contributed by atoms with Crippen LogP contribution in [0.2, 0.25) is 0 Å². The van der Waals surface area contributed by atoms with Gasteiger partial charge in [-0.25, -0.2) is 18.7 Å². The number of aliphatic hydroxyl groups excluding tert-OH is 1. The summed E-state index contributed by atoms with van der Waals surface area (Å²) in [6, 6.07) is 3.27. The molecule has 9 heteroatoms. The summed E-state index contributed by atoms with van der Waals surface area (Å²) in [4.78, 5) is 13.2. The van der Waals surface area contributed by atoms with Crippen molar-refractivity contribution in [2.75, 3.05) is 17.2 Å². The molecule has 1 atom stereocenters. The number of aliphatic hydroxyl groups is 1. The summed E-state index contributed by atoms with van der Waals surface area (Å²) in [5.74, 6) is -0.589. The smallest absolute Gasteiger partial charge is 0.224 e. The zero-order valence-corrected chi connectivity index (χ0v) is 15.4. The highest BCUT2D eigenvalue weighted by Gasteiger charge is 2.19. The number of nitrogens with one attached hydrogen (secondary N) is 2. The topological polar surface area (TPSA) is 87.9 Å². The van der Waals surface area contributed by atoms with Crippen molar-refractivity contribution in [3.8, 4) is 0 Å². The zero-order chi connectivity index (χ0) is 19.6. The van der Waals surface area contributed by atoms with Crippen LogP contribution in [-0.4, -0.2) is 37.3 Å². The third-order valence-electron chi connectivity index (χ3n) is 4.02. The molecule has 0 saturated carbocycles. The van der Waals surface area contributed by atoms with E-state index in [-0.39, 0.29) is 24.4 Å². The van der Waals surface area contributed by atoms with Crippen LogP contribution in [0.5, 0.6) is 0 Å². The number of hydrogen-bond donors (Lipinski definition) is 3. The molecule has 27 heavy (non-hydrogen) atoms. The maximum atomic E-state index is 14.1. The Hall–Kier alpha value is -2.81. The predicted octanol–water partition coefficient (Wildman–Crippen LogP) is 3.61. The molecule has 2 aromatic heterocycles. The second-order valence-corrected chi connectivity index (χ2v) is 6.62. The van der Waals surface area contributed by atoms with Crippen LogP contribution >= 0.6 is 0 Å². The fourth-order valence-corrected chi connectivity index (χ4v) is 2.75. The highest BCUT2D eigenvalue weighted by atomic mass is 19.1. The van der Waals surface area contributed by atoms with Gasteiger partial charge in [0.25, 0.3) is 0 Å². The van der Waals surface area contributed by atoms with E-state index in [4.69, 9.17) is 0 Å². The van der Waals surface area contributed by atoms with Crippen molar-refractivity contribution in [3.63, 3.8) is 0 Å². The molecule has 3 aromatic rings. The lowest BCUT2D eigenvalue weighted by atomic mass is 10.2. The van der Waals surface area contributed by atoms with Crippen LogP contribution in [0.3, 0.4) is 0 Å². The van der Waals surface area contributed by atoms with Crippen LogP contribution in [0.1, 0.15) is 33.2 Å². The summed E-state index contributed by atoms with van der Waals surface area (Å²) in [5, 5.41) is 15.4. The molecule has 144 valence electrons. The standard InChI is InChI=1S/C18H22F2N6O/c1-10(2)22-17-21-9-15-16(25-17)26(11(3)6-7-27)18(24-15)23-14-5-4-12(19)8-13(14)20/h4-5,8-11,27H,6-7H2,1-3H3,(H,23,24)(H,21,22,25). The fourth-order valence-electron chi connectivity index (χ4n) is 2.75. The number of aromatic nitrogens is 4. The van der Waals surface area contributed by atoms with Crippen LogP contribution in [-0.2, 0) is 0 Å². The van der Waals surface area contributed by atoms with Crippen LogP contribution in [0, 0.1) is 11.6 Å². The van der Waals surface area contributed by atoms with Gasteiger partial charge < -0.3 is 15.7 Å². The molecule has 0 fully saturated rings. The monoisotopic (exact) mass is 376 g/mol. The number of benzene rings is 1. The average Bonchev–Trinajstić information content (AvgIpc) is 2.94. The van der Waals surface area contributed by atoms with Gasteiger partial charge in [0.15, 0.2) is 5.65 Å². The van der Waals surface area contributed by atoms with Gasteiger partial charge in [-0.2, -0.15) is 4.98 Å². The molecule has 0 saturated heterocycles. The van der Waals surface area contributed by atoms with E-state index in [0.717, 1.165) is 6.07 Å². The summed E-state index contributed by atoms with van der Waals surface area (Å²) in [6.07, 6.45) is 2.05. The second kappa shape index (κ2) is 7.83. The Bertz CT molecular complexity index is 943. The van der Waals surface area contributed by atoms with Crippen molar-refractivity contribution >= 4 is 28.7 Å². The normalized spacial score (nSPS) is 12.6. The molecule has 1 aromatic carbocycles. The largest absolute Gasteiger partial charge is 0.396 e. The molecule has 0 bridgehead atoms. The van der Waals surface area contributed by atoms with Crippen molar-refractivity contribution in [1.82, 2.24) is 19.5 Å². The van der Waals surface area contributed by atoms with E-state index in [0.29, 0.717) is 29.5 Å². The minimum absolute atomic E-state index is 0.0205. The first-order chi connectivity index (χ1) is 12.9. The number of halogens is 2. The molecule has 1 unspecified atom stereocenters. The van der Waals surface area contributed by atoms with Gasteiger partial charge in [-0.05, 0) is 39.3 Å². The second-order valence-electron chi connectivity index (χ2n) is 6.62. The Kier molecular flexibility index (Phi) is 5.50. The van der Waals surface area contributed by atoms with Gasteiger partial charge in [0, 0.05) is 24.8 Å². The number of imidazole rings is 1. The van der Waals surface area contributed by atoms with E-state index < -0.39 is 11.6 Å². The van der Waals surface area contributed by atoms with E-state index in [1.807, 2.05) is 20.8 Å². The minimum Gasteiger partial charge on any atom is -0.396 e. The molecule has 0 aliphatic heterocycles. The lowest BCUT2D eigenvalue weighted by Gasteiger charge is -2.17. The molecule has 0 radical (unpaired) electrons. The molecule has 3 N–H and O–H groups in total. The third-order valence-corrected chi connectivity index (χ3v) is 4.02. The summed E-state index contributed by atoms with van der Waals surface area (Å²) < 4.78 is 29.0. The summed E-state index contributed by atoms with van der Waals surface area (Å²) in [7, 11) is 0. The maximum absolute atomic E-state index is 14.1. The van der Waals surface area contributed by atoms with Crippen molar-refractivity contribution in [2.45, 2.75) is 39.3 Å². The first-order valence-corrected chi connectivity index (χ1v) is 8.73. The van der Waals surface area contributed by atoms with Gasteiger partial charge in [-0.1, -0.05) is 0 Å². The molecule has 7 nitrogen and oxygen atoms in total. The highest BCUT2D eigenvalue weighted by molar-refractivity contribution is 5.76. The molecule has 0 aliphatic carbocycles. The summed E-state index contributed by atoms with van der Waals surface area (Å²) >= 11 is 0. The number of fused-ring (bicyclic) bond motifs is 1. The van der Waals surface area contributed by atoms with E-state index in [2.05, 4.69) is 25.6 Å². The maximum Gasteiger partial charge on any atom is 0.224 e. The first-order valence-electron chi connectivity index (χ1n) is 8.73.